The van der Waals surface area contributed by atoms with Crippen LogP contribution in [0, 0.1) is 38.5 Å². The Kier molecular flexibility index (Phi) is 16.1. The summed E-state index contributed by atoms with van der Waals surface area (Å²) in [6, 6.07) is 0. The molecule has 232 valence electrons. The average Bonchev–Trinajstić information content (AvgIpc) is 2.90. The number of ether oxygens (including phenoxy) is 2. The van der Waals surface area contributed by atoms with E-state index in [1.807, 2.05) is 0 Å². The van der Waals surface area contributed by atoms with Gasteiger partial charge < -0.3 is 9.47 Å². The number of benzene rings is 1. The Bertz CT molecular complexity index is 841. The lowest BCUT2D eigenvalue weighted by molar-refractivity contribution is 0.0511. The van der Waals surface area contributed by atoms with Crippen LogP contribution in [-0.4, -0.2) is 12.2 Å². The van der Waals surface area contributed by atoms with E-state index in [1.54, 1.807) is 0 Å². The third-order valence-electron chi connectivity index (χ3n) is 9.83. The summed E-state index contributed by atoms with van der Waals surface area (Å²) in [7, 11) is 0. The number of rotatable bonds is 21. The highest BCUT2D eigenvalue weighted by molar-refractivity contribution is 5.59. The molecule has 1 aromatic rings. The lowest BCUT2D eigenvalue weighted by Crippen LogP contribution is -2.37. The van der Waals surface area contributed by atoms with Crippen molar-refractivity contribution in [2.75, 3.05) is 6.61 Å². The van der Waals surface area contributed by atoms with Crippen molar-refractivity contribution in [3.63, 3.8) is 0 Å². The molecule has 0 amide bonds. The van der Waals surface area contributed by atoms with Crippen molar-refractivity contribution >= 4 is 0 Å². The van der Waals surface area contributed by atoms with Crippen LogP contribution in [0.4, 0.5) is 0 Å². The third-order valence-corrected chi connectivity index (χ3v) is 9.83. The fourth-order valence-electron chi connectivity index (χ4n) is 6.71. The predicted molar refractivity (Wildman–Crippen MR) is 176 cm³/mol. The van der Waals surface area contributed by atoms with Gasteiger partial charge in [-0.2, -0.15) is 0 Å². The topological polar surface area (TPSA) is 18.5 Å². The van der Waals surface area contributed by atoms with Crippen LogP contribution in [0.25, 0.3) is 0 Å². The van der Waals surface area contributed by atoms with E-state index in [0.717, 1.165) is 61.5 Å². The maximum Gasteiger partial charge on any atom is 0.127 e. The molecule has 1 aliphatic rings. The van der Waals surface area contributed by atoms with Gasteiger partial charge in [0.2, 0.25) is 0 Å². The van der Waals surface area contributed by atoms with E-state index in [0.29, 0.717) is 0 Å². The van der Waals surface area contributed by atoms with Gasteiger partial charge in [0.05, 0.1) is 6.61 Å². The van der Waals surface area contributed by atoms with E-state index in [-0.39, 0.29) is 5.60 Å². The number of unbranched alkanes of at least 4 members (excludes halogenated alkanes) is 6. The Hall–Kier alpha value is -1.18. The molecular weight excluding hydrogens is 488 g/mol. The molecule has 1 aromatic carbocycles. The highest BCUT2D eigenvalue weighted by atomic mass is 16.5. The molecule has 0 saturated carbocycles. The smallest absolute Gasteiger partial charge is 0.127 e. The van der Waals surface area contributed by atoms with Crippen LogP contribution in [0.2, 0.25) is 0 Å². The first-order valence-electron chi connectivity index (χ1n) is 17.5. The van der Waals surface area contributed by atoms with Crippen molar-refractivity contribution in [2.45, 2.75) is 183 Å². The summed E-state index contributed by atoms with van der Waals surface area (Å²) in [4.78, 5) is 0. The van der Waals surface area contributed by atoms with Crippen molar-refractivity contribution in [1.29, 1.82) is 0 Å². The first kappa shape index (κ1) is 35.0. The van der Waals surface area contributed by atoms with Crippen LogP contribution in [-0.2, 0) is 6.42 Å². The van der Waals surface area contributed by atoms with Gasteiger partial charge in [0.15, 0.2) is 0 Å². The quantitative estimate of drug-likeness (QED) is 0.140. The number of hydrogen-bond acceptors (Lipinski definition) is 2. The number of fused-ring (bicyclic) bond motifs is 1. The van der Waals surface area contributed by atoms with Gasteiger partial charge >= 0.3 is 0 Å². The molecule has 0 fully saturated rings. The zero-order chi connectivity index (χ0) is 29.5. The molecule has 0 bridgehead atoms. The fourth-order valence-corrected chi connectivity index (χ4v) is 6.71. The maximum absolute atomic E-state index is 6.85. The second kappa shape index (κ2) is 18.4. The SMILES string of the molecule is CCCCCCCCCOc1c(C)c(C)c2c(c1C)CC[C@@](C)(CCC[C@H](C)CCC[C@H](C)CCCC(C)C)O2. The minimum atomic E-state index is -0.0402. The van der Waals surface area contributed by atoms with Crippen molar-refractivity contribution in [2.24, 2.45) is 17.8 Å². The molecule has 0 unspecified atom stereocenters. The normalized spacial score (nSPS) is 18.4. The molecule has 2 rings (SSSR count). The van der Waals surface area contributed by atoms with E-state index in [9.17, 15) is 0 Å². The van der Waals surface area contributed by atoms with E-state index in [4.69, 9.17) is 9.47 Å². The molecular formula is C38H68O2. The summed E-state index contributed by atoms with van der Waals surface area (Å²) in [6.07, 6.45) is 23.6. The number of hydrogen-bond donors (Lipinski definition) is 0. The van der Waals surface area contributed by atoms with E-state index >= 15 is 0 Å². The van der Waals surface area contributed by atoms with Crippen LogP contribution in [0.3, 0.4) is 0 Å². The molecule has 0 N–H and O–H groups in total. The summed E-state index contributed by atoms with van der Waals surface area (Å²) in [5.41, 5.74) is 5.23. The average molecular weight is 557 g/mol. The molecule has 3 atom stereocenters. The molecule has 0 spiro atoms. The Morgan fingerprint density at radius 1 is 0.700 bits per heavy atom. The molecule has 0 aromatic heterocycles. The Labute approximate surface area is 250 Å². The minimum Gasteiger partial charge on any atom is -0.493 e. The van der Waals surface area contributed by atoms with Crippen LogP contribution in [0.5, 0.6) is 11.5 Å². The standard InChI is InChI=1S/C38H68O2/c1-10-11-12-13-14-15-16-28-39-36-32(6)33(7)37-35(34(36)8)25-27-38(9,40-37)26-19-24-31(5)23-18-22-30(4)21-17-20-29(2)3/h29-31H,10-28H2,1-9H3/t30-,31-,38-/m1/s1. The second-order valence-corrected chi connectivity index (χ2v) is 14.4. The van der Waals surface area contributed by atoms with Gasteiger partial charge in [-0.15, -0.1) is 0 Å². The van der Waals surface area contributed by atoms with E-state index < -0.39 is 0 Å². The summed E-state index contributed by atoms with van der Waals surface area (Å²) in [5, 5.41) is 0. The van der Waals surface area contributed by atoms with Gasteiger partial charge in [0.25, 0.3) is 0 Å². The largest absolute Gasteiger partial charge is 0.493 e. The van der Waals surface area contributed by atoms with Gasteiger partial charge in [0.1, 0.15) is 17.1 Å². The van der Waals surface area contributed by atoms with Gasteiger partial charge in [-0.1, -0.05) is 118 Å². The molecule has 1 heterocycles. The molecule has 1 aliphatic heterocycles. The maximum atomic E-state index is 6.85. The highest BCUT2D eigenvalue weighted by Gasteiger charge is 2.34. The predicted octanol–water partition coefficient (Wildman–Crippen LogP) is 12.3. The van der Waals surface area contributed by atoms with Crippen molar-refractivity contribution in [3.05, 3.63) is 22.3 Å². The minimum absolute atomic E-state index is 0.0402. The second-order valence-electron chi connectivity index (χ2n) is 14.4. The van der Waals surface area contributed by atoms with Crippen LogP contribution in [0.15, 0.2) is 0 Å². The fraction of sp³-hybridized carbons (Fsp3) is 0.842. The monoisotopic (exact) mass is 557 g/mol. The van der Waals surface area contributed by atoms with Crippen LogP contribution in [0.1, 0.15) is 173 Å². The van der Waals surface area contributed by atoms with Crippen molar-refractivity contribution < 1.29 is 9.47 Å². The molecule has 0 radical (unpaired) electrons. The third kappa shape index (κ3) is 12.0. The van der Waals surface area contributed by atoms with E-state index in [2.05, 4.69) is 62.3 Å². The zero-order valence-corrected chi connectivity index (χ0v) is 28.5. The first-order chi connectivity index (χ1) is 19.1. The summed E-state index contributed by atoms with van der Waals surface area (Å²) in [5.74, 6) is 4.85. The highest BCUT2D eigenvalue weighted by Crippen LogP contribution is 2.45. The van der Waals surface area contributed by atoms with Crippen LogP contribution < -0.4 is 9.47 Å². The molecule has 2 heteroatoms. The molecule has 0 saturated heterocycles. The Morgan fingerprint density at radius 2 is 1.27 bits per heavy atom. The molecule has 2 nitrogen and oxygen atoms in total. The first-order valence-corrected chi connectivity index (χ1v) is 17.5. The summed E-state index contributed by atoms with van der Waals surface area (Å²) >= 11 is 0. The molecule has 0 aliphatic carbocycles. The van der Waals surface area contributed by atoms with Gasteiger partial charge in [-0.3, -0.25) is 0 Å². The van der Waals surface area contributed by atoms with Gasteiger partial charge in [-0.05, 0) is 94.2 Å². The summed E-state index contributed by atoms with van der Waals surface area (Å²) < 4.78 is 13.3. The van der Waals surface area contributed by atoms with E-state index in [1.165, 1.54) is 112 Å². The van der Waals surface area contributed by atoms with Crippen molar-refractivity contribution in [3.8, 4) is 11.5 Å². The van der Waals surface area contributed by atoms with Gasteiger partial charge in [0, 0.05) is 5.56 Å². The Morgan fingerprint density at radius 3 is 1.90 bits per heavy atom. The Balaban J connectivity index is 1.78. The lowest BCUT2D eigenvalue weighted by Gasteiger charge is -2.38. The van der Waals surface area contributed by atoms with Crippen molar-refractivity contribution in [1.82, 2.24) is 0 Å². The molecule has 40 heavy (non-hydrogen) atoms. The van der Waals surface area contributed by atoms with Crippen LogP contribution >= 0.6 is 0 Å². The summed E-state index contributed by atoms with van der Waals surface area (Å²) in [6.45, 7) is 21.8. The zero-order valence-electron chi connectivity index (χ0n) is 28.5. The van der Waals surface area contributed by atoms with Gasteiger partial charge in [-0.25, -0.2) is 0 Å². The lowest BCUT2D eigenvalue weighted by atomic mass is 9.83.